The molecule has 3 N–H and O–H groups in total. The fraction of sp³-hybridized carbons (Fsp3) is 0.778. The Hall–Kier alpha value is -0.980. The summed E-state index contributed by atoms with van der Waals surface area (Å²) in [6.45, 7) is 0.718. The fourth-order valence-corrected chi connectivity index (χ4v) is 0.438. The highest BCUT2D eigenvalue weighted by molar-refractivity contribution is 5.80. The minimum Gasteiger partial charge on any atom is -0.469 e. The van der Waals surface area contributed by atoms with Crippen molar-refractivity contribution in [3.63, 3.8) is 0 Å². The van der Waals surface area contributed by atoms with Crippen LogP contribution >= 0.6 is 0 Å². The number of carbonyl (C=O) groups excluding carboxylic acids is 2. The normalized spacial score (nSPS) is 9.20. The largest absolute Gasteiger partial charge is 0.469 e. The van der Waals surface area contributed by atoms with Crippen LogP contribution in [-0.2, 0) is 14.3 Å². The van der Waals surface area contributed by atoms with Crippen LogP contribution in [0.3, 0.4) is 0 Å². The van der Waals surface area contributed by atoms with Gasteiger partial charge in [-0.05, 0) is 6.92 Å². The Labute approximate surface area is 88.5 Å². The van der Waals surface area contributed by atoms with E-state index < -0.39 is 6.10 Å². The minimum atomic E-state index is -0.954. The molecule has 0 aliphatic rings. The summed E-state index contributed by atoms with van der Waals surface area (Å²) in [4.78, 5) is 20.6. The van der Waals surface area contributed by atoms with Gasteiger partial charge in [0.1, 0.15) is 11.9 Å². The standard InChI is InChI=1S/C6H10O3.C3H8O3/c1-5(7)3-4-6(8)9-2;4-1-3(6)2-5/h3-4H2,1-2H3;3-6H,1-2H2. The molecule has 0 atom stereocenters. The van der Waals surface area contributed by atoms with Gasteiger partial charge in [0.2, 0.25) is 0 Å². The molecule has 0 spiro atoms. The van der Waals surface area contributed by atoms with E-state index in [0.717, 1.165) is 0 Å². The highest BCUT2D eigenvalue weighted by atomic mass is 16.5. The van der Waals surface area contributed by atoms with Crippen molar-refractivity contribution >= 4 is 11.8 Å². The summed E-state index contributed by atoms with van der Waals surface area (Å²) in [5.74, 6) is -0.314. The average Bonchev–Trinajstić information content (AvgIpc) is 2.25. The van der Waals surface area contributed by atoms with Crippen molar-refractivity contribution in [2.75, 3.05) is 20.3 Å². The molecule has 0 aliphatic heterocycles. The maximum atomic E-state index is 10.3. The van der Waals surface area contributed by atoms with Crippen molar-refractivity contribution in [2.45, 2.75) is 25.9 Å². The van der Waals surface area contributed by atoms with Crippen molar-refractivity contribution in [1.29, 1.82) is 0 Å². The lowest BCUT2D eigenvalue weighted by atomic mass is 10.2. The second-order valence-electron chi connectivity index (χ2n) is 2.80. The molecule has 0 amide bonds. The molecule has 15 heavy (non-hydrogen) atoms. The van der Waals surface area contributed by atoms with Crippen LogP contribution in [-0.4, -0.2) is 53.5 Å². The predicted octanol–water partition coefficient (Wildman–Crippen LogP) is -1.14. The quantitative estimate of drug-likeness (QED) is 0.508. The van der Waals surface area contributed by atoms with Gasteiger partial charge in [-0.15, -0.1) is 0 Å². The number of aliphatic hydroxyl groups excluding tert-OH is 3. The third-order valence-corrected chi connectivity index (χ3v) is 1.33. The average molecular weight is 222 g/mol. The Morgan fingerprint density at radius 2 is 1.67 bits per heavy atom. The molecular weight excluding hydrogens is 204 g/mol. The number of esters is 1. The molecule has 6 nitrogen and oxygen atoms in total. The van der Waals surface area contributed by atoms with Crippen LogP contribution in [0.1, 0.15) is 19.8 Å². The first kappa shape index (κ1) is 16.4. The predicted molar refractivity (Wildman–Crippen MR) is 52.1 cm³/mol. The maximum absolute atomic E-state index is 10.3. The number of Topliss-reactive ketones (excluding diaryl/α,β-unsaturated/α-hetero) is 1. The van der Waals surface area contributed by atoms with Gasteiger partial charge in [0, 0.05) is 6.42 Å². The van der Waals surface area contributed by atoms with Crippen molar-refractivity contribution in [1.82, 2.24) is 0 Å². The number of hydrogen-bond acceptors (Lipinski definition) is 6. The molecule has 0 aliphatic carbocycles. The molecule has 0 heterocycles. The summed E-state index contributed by atoms with van der Waals surface area (Å²) in [6.07, 6.45) is -0.469. The van der Waals surface area contributed by atoms with E-state index in [0.29, 0.717) is 0 Å². The number of aliphatic hydroxyl groups is 3. The van der Waals surface area contributed by atoms with Crippen LogP contribution in [0.15, 0.2) is 0 Å². The SMILES string of the molecule is COC(=O)CCC(C)=O.OCC(O)CO. The van der Waals surface area contributed by atoms with Crippen LogP contribution in [0.2, 0.25) is 0 Å². The zero-order valence-electron chi connectivity index (χ0n) is 8.97. The summed E-state index contributed by atoms with van der Waals surface area (Å²) in [7, 11) is 1.31. The van der Waals surface area contributed by atoms with E-state index in [-0.39, 0.29) is 37.8 Å². The third-order valence-electron chi connectivity index (χ3n) is 1.33. The van der Waals surface area contributed by atoms with Gasteiger partial charge in [-0.2, -0.15) is 0 Å². The summed E-state index contributed by atoms with van der Waals surface area (Å²) in [5, 5.41) is 24.0. The summed E-state index contributed by atoms with van der Waals surface area (Å²) >= 11 is 0. The van der Waals surface area contributed by atoms with E-state index in [1.807, 2.05) is 0 Å². The molecule has 0 saturated carbocycles. The summed E-state index contributed by atoms with van der Waals surface area (Å²) in [5.41, 5.74) is 0. The first-order valence-electron chi connectivity index (χ1n) is 4.43. The molecular formula is C9H18O6. The Bertz CT molecular complexity index is 175. The van der Waals surface area contributed by atoms with Crippen LogP contribution in [0.5, 0.6) is 0 Å². The van der Waals surface area contributed by atoms with Crippen molar-refractivity contribution in [3.05, 3.63) is 0 Å². The minimum absolute atomic E-state index is 0.0143. The first-order chi connectivity index (χ1) is 6.97. The highest BCUT2D eigenvalue weighted by Crippen LogP contribution is 1.91. The maximum Gasteiger partial charge on any atom is 0.305 e. The van der Waals surface area contributed by atoms with Crippen LogP contribution < -0.4 is 0 Å². The third kappa shape index (κ3) is 15.7. The first-order valence-corrected chi connectivity index (χ1v) is 4.43. The molecule has 0 aromatic heterocycles. The number of ether oxygens (including phenoxy) is 1. The molecule has 0 aromatic carbocycles. The topological polar surface area (TPSA) is 104 Å². The molecule has 0 rings (SSSR count). The van der Waals surface area contributed by atoms with Gasteiger partial charge in [0.15, 0.2) is 0 Å². The Kier molecular flexibility index (Phi) is 12.2. The Morgan fingerprint density at radius 3 is 1.87 bits per heavy atom. The molecule has 0 aromatic rings. The number of methoxy groups -OCH3 is 1. The highest BCUT2D eigenvalue weighted by Gasteiger charge is 2.00. The second kappa shape index (κ2) is 11.1. The van der Waals surface area contributed by atoms with Crippen molar-refractivity contribution in [3.8, 4) is 0 Å². The molecule has 0 bridgehead atoms. The molecule has 0 saturated heterocycles. The van der Waals surface area contributed by atoms with E-state index in [4.69, 9.17) is 15.3 Å². The summed E-state index contributed by atoms with van der Waals surface area (Å²) < 4.78 is 4.31. The monoisotopic (exact) mass is 222 g/mol. The smallest absolute Gasteiger partial charge is 0.305 e. The van der Waals surface area contributed by atoms with Gasteiger partial charge >= 0.3 is 5.97 Å². The molecule has 0 radical (unpaired) electrons. The van der Waals surface area contributed by atoms with E-state index in [9.17, 15) is 9.59 Å². The lowest BCUT2D eigenvalue weighted by Gasteiger charge is -1.96. The van der Waals surface area contributed by atoms with Crippen LogP contribution in [0.25, 0.3) is 0 Å². The summed E-state index contributed by atoms with van der Waals surface area (Å²) in [6, 6.07) is 0. The number of ketones is 1. The van der Waals surface area contributed by atoms with Gasteiger partial charge in [0.25, 0.3) is 0 Å². The number of carbonyl (C=O) groups is 2. The van der Waals surface area contributed by atoms with E-state index in [1.165, 1.54) is 14.0 Å². The fourth-order valence-electron chi connectivity index (χ4n) is 0.438. The van der Waals surface area contributed by atoms with Gasteiger partial charge in [0.05, 0.1) is 26.7 Å². The van der Waals surface area contributed by atoms with Crippen LogP contribution in [0, 0.1) is 0 Å². The molecule has 0 unspecified atom stereocenters. The van der Waals surface area contributed by atoms with Crippen molar-refractivity contribution in [2.24, 2.45) is 0 Å². The van der Waals surface area contributed by atoms with Crippen LogP contribution in [0.4, 0.5) is 0 Å². The van der Waals surface area contributed by atoms with Gasteiger partial charge in [-0.3, -0.25) is 4.79 Å². The molecule has 0 fully saturated rings. The van der Waals surface area contributed by atoms with Gasteiger partial charge in [-0.1, -0.05) is 0 Å². The Morgan fingerprint density at radius 1 is 1.20 bits per heavy atom. The molecule has 6 heteroatoms. The number of rotatable bonds is 5. The zero-order chi connectivity index (χ0) is 12.3. The second-order valence-corrected chi connectivity index (χ2v) is 2.80. The Balaban J connectivity index is 0. The van der Waals surface area contributed by atoms with E-state index in [1.54, 1.807) is 0 Å². The van der Waals surface area contributed by atoms with E-state index >= 15 is 0 Å². The lowest BCUT2D eigenvalue weighted by Crippen LogP contribution is -2.15. The molecule has 90 valence electrons. The van der Waals surface area contributed by atoms with E-state index in [2.05, 4.69) is 4.74 Å². The van der Waals surface area contributed by atoms with Gasteiger partial charge in [-0.25, -0.2) is 0 Å². The van der Waals surface area contributed by atoms with Gasteiger partial charge < -0.3 is 24.9 Å². The lowest BCUT2D eigenvalue weighted by molar-refractivity contribution is -0.141. The number of hydrogen-bond donors (Lipinski definition) is 3. The van der Waals surface area contributed by atoms with Crippen molar-refractivity contribution < 1.29 is 29.6 Å². The zero-order valence-corrected chi connectivity index (χ0v) is 8.97.